The Bertz CT molecular complexity index is 677. The van der Waals surface area contributed by atoms with Gasteiger partial charge in [-0.15, -0.1) is 0 Å². The molecule has 1 unspecified atom stereocenters. The van der Waals surface area contributed by atoms with Crippen molar-refractivity contribution in [1.82, 2.24) is 4.90 Å². The maximum Gasteiger partial charge on any atom is 0.340 e. The highest BCUT2D eigenvalue weighted by Crippen LogP contribution is 2.38. The molecular formula is C18H21NO2. The van der Waals surface area contributed by atoms with E-state index in [1.807, 2.05) is 30.3 Å². The average Bonchev–Trinajstić information content (AvgIpc) is 2.43. The van der Waals surface area contributed by atoms with Gasteiger partial charge in [-0.05, 0) is 39.1 Å². The molecule has 1 aliphatic rings. The van der Waals surface area contributed by atoms with Gasteiger partial charge in [-0.25, -0.2) is 4.79 Å². The SMILES string of the molecule is CC(C)N(C(C)C)C1OC(=O)c2cccc3cccc1c23. The van der Waals surface area contributed by atoms with Crippen LogP contribution in [-0.4, -0.2) is 23.0 Å². The third-order valence-corrected chi connectivity index (χ3v) is 4.10. The summed E-state index contributed by atoms with van der Waals surface area (Å²) in [5, 5.41) is 2.13. The van der Waals surface area contributed by atoms with Gasteiger partial charge in [0.15, 0.2) is 6.23 Å². The van der Waals surface area contributed by atoms with Gasteiger partial charge in [-0.3, -0.25) is 4.90 Å². The summed E-state index contributed by atoms with van der Waals surface area (Å²) in [5.74, 6) is -0.226. The summed E-state index contributed by atoms with van der Waals surface area (Å²) in [7, 11) is 0. The van der Waals surface area contributed by atoms with Crippen LogP contribution >= 0.6 is 0 Å². The van der Waals surface area contributed by atoms with Gasteiger partial charge >= 0.3 is 5.97 Å². The van der Waals surface area contributed by atoms with Crippen LogP contribution < -0.4 is 0 Å². The van der Waals surface area contributed by atoms with Crippen LogP contribution in [0.3, 0.4) is 0 Å². The number of hydrogen-bond donors (Lipinski definition) is 0. The number of nitrogens with zero attached hydrogens (tertiary/aromatic N) is 1. The number of esters is 1. The predicted octanol–water partition coefficient (Wildman–Crippen LogP) is 4.13. The van der Waals surface area contributed by atoms with Crippen molar-refractivity contribution in [2.75, 3.05) is 0 Å². The van der Waals surface area contributed by atoms with Gasteiger partial charge in [0.1, 0.15) is 0 Å². The Labute approximate surface area is 125 Å². The molecule has 0 amide bonds. The number of benzene rings is 2. The molecule has 21 heavy (non-hydrogen) atoms. The Morgan fingerprint density at radius 3 is 2.24 bits per heavy atom. The minimum Gasteiger partial charge on any atom is -0.438 e. The van der Waals surface area contributed by atoms with E-state index >= 15 is 0 Å². The highest BCUT2D eigenvalue weighted by molar-refractivity contribution is 6.07. The molecule has 1 aliphatic heterocycles. The van der Waals surface area contributed by atoms with Crippen LogP contribution in [0.25, 0.3) is 10.8 Å². The second-order valence-electron chi connectivity index (χ2n) is 6.14. The first-order valence-electron chi connectivity index (χ1n) is 7.50. The van der Waals surface area contributed by atoms with Crippen LogP contribution in [-0.2, 0) is 4.74 Å². The first kappa shape index (κ1) is 14.1. The lowest BCUT2D eigenvalue weighted by molar-refractivity contribution is -0.0628. The van der Waals surface area contributed by atoms with Crippen molar-refractivity contribution in [2.24, 2.45) is 0 Å². The maximum absolute atomic E-state index is 12.4. The van der Waals surface area contributed by atoms with Gasteiger partial charge in [0.25, 0.3) is 0 Å². The number of cyclic esters (lactones) is 1. The molecule has 2 aromatic rings. The quantitative estimate of drug-likeness (QED) is 0.793. The van der Waals surface area contributed by atoms with Crippen molar-refractivity contribution >= 4 is 16.7 Å². The molecule has 0 fully saturated rings. The Kier molecular flexibility index (Phi) is 3.46. The van der Waals surface area contributed by atoms with Gasteiger partial charge in [0, 0.05) is 23.0 Å². The molecular weight excluding hydrogens is 262 g/mol. The Morgan fingerprint density at radius 1 is 1.00 bits per heavy atom. The monoisotopic (exact) mass is 283 g/mol. The molecule has 0 aliphatic carbocycles. The molecule has 0 spiro atoms. The molecule has 0 radical (unpaired) electrons. The van der Waals surface area contributed by atoms with Crippen LogP contribution in [0.2, 0.25) is 0 Å². The lowest BCUT2D eigenvalue weighted by Crippen LogP contribution is -2.43. The normalized spacial score (nSPS) is 17.9. The van der Waals surface area contributed by atoms with Crippen LogP contribution in [0.1, 0.15) is 49.8 Å². The largest absolute Gasteiger partial charge is 0.438 e. The number of rotatable bonds is 3. The Balaban J connectivity index is 2.23. The van der Waals surface area contributed by atoms with Gasteiger partial charge < -0.3 is 4.74 Å². The van der Waals surface area contributed by atoms with Gasteiger partial charge in [-0.2, -0.15) is 0 Å². The predicted molar refractivity (Wildman–Crippen MR) is 84.2 cm³/mol. The second-order valence-corrected chi connectivity index (χ2v) is 6.14. The smallest absolute Gasteiger partial charge is 0.340 e. The molecule has 3 nitrogen and oxygen atoms in total. The number of carbonyl (C=O) groups is 1. The van der Waals surface area contributed by atoms with Crippen molar-refractivity contribution in [3.8, 4) is 0 Å². The molecule has 2 aromatic carbocycles. The number of hydrogen-bond acceptors (Lipinski definition) is 3. The van der Waals surface area contributed by atoms with E-state index in [2.05, 4.69) is 38.7 Å². The number of carbonyl (C=O) groups excluding carboxylic acids is 1. The second kappa shape index (κ2) is 5.15. The van der Waals surface area contributed by atoms with E-state index in [0.29, 0.717) is 17.6 Å². The van der Waals surface area contributed by atoms with Crippen molar-refractivity contribution in [3.63, 3.8) is 0 Å². The van der Waals surface area contributed by atoms with E-state index in [-0.39, 0.29) is 12.2 Å². The molecule has 0 saturated heterocycles. The molecule has 0 N–H and O–H groups in total. The minimum atomic E-state index is -0.309. The zero-order valence-corrected chi connectivity index (χ0v) is 13.0. The molecule has 110 valence electrons. The fraction of sp³-hybridized carbons (Fsp3) is 0.389. The maximum atomic E-state index is 12.4. The Morgan fingerprint density at radius 2 is 1.62 bits per heavy atom. The highest BCUT2D eigenvalue weighted by Gasteiger charge is 2.34. The molecule has 1 heterocycles. The Hall–Kier alpha value is -1.87. The minimum absolute atomic E-state index is 0.226. The number of ether oxygens (including phenoxy) is 1. The third kappa shape index (κ3) is 2.22. The van der Waals surface area contributed by atoms with Crippen LogP contribution in [0, 0.1) is 0 Å². The van der Waals surface area contributed by atoms with E-state index in [1.165, 1.54) is 0 Å². The first-order chi connectivity index (χ1) is 10.0. The molecule has 3 heteroatoms. The van der Waals surface area contributed by atoms with Crippen molar-refractivity contribution in [1.29, 1.82) is 0 Å². The van der Waals surface area contributed by atoms with Crippen molar-refractivity contribution in [3.05, 3.63) is 47.5 Å². The van der Waals surface area contributed by atoms with Crippen LogP contribution in [0.4, 0.5) is 0 Å². The summed E-state index contributed by atoms with van der Waals surface area (Å²) in [4.78, 5) is 14.6. The topological polar surface area (TPSA) is 29.5 Å². The van der Waals surface area contributed by atoms with Crippen LogP contribution in [0.15, 0.2) is 36.4 Å². The summed E-state index contributed by atoms with van der Waals surface area (Å²) in [5.41, 5.74) is 1.76. The summed E-state index contributed by atoms with van der Waals surface area (Å²) in [6.45, 7) is 8.53. The van der Waals surface area contributed by atoms with E-state index < -0.39 is 0 Å². The average molecular weight is 283 g/mol. The molecule has 0 bridgehead atoms. The lowest BCUT2D eigenvalue weighted by atomic mass is 9.95. The lowest BCUT2D eigenvalue weighted by Gasteiger charge is -2.39. The van der Waals surface area contributed by atoms with Crippen molar-refractivity contribution < 1.29 is 9.53 Å². The van der Waals surface area contributed by atoms with E-state index in [0.717, 1.165) is 16.3 Å². The van der Waals surface area contributed by atoms with Crippen LogP contribution in [0.5, 0.6) is 0 Å². The summed E-state index contributed by atoms with van der Waals surface area (Å²) >= 11 is 0. The fourth-order valence-electron chi connectivity index (χ4n) is 3.33. The molecule has 0 saturated carbocycles. The zero-order chi connectivity index (χ0) is 15.1. The van der Waals surface area contributed by atoms with Gasteiger partial charge in [-0.1, -0.05) is 30.3 Å². The fourth-order valence-corrected chi connectivity index (χ4v) is 3.33. The summed E-state index contributed by atoms with van der Waals surface area (Å²) < 4.78 is 5.77. The highest BCUT2D eigenvalue weighted by atomic mass is 16.6. The zero-order valence-electron chi connectivity index (χ0n) is 13.0. The van der Waals surface area contributed by atoms with Crippen molar-refractivity contribution in [2.45, 2.75) is 46.0 Å². The third-order valence-electron chi connectivity index (χ3n) is 4.10. The standard InChI is InChI=1S/C18H21NO2/c1-11(2)19(12(3)4)17-14-9-5-7-13-8-6-10-15(16(13)14)18(20)21-17/h5-12,17H,1-4H3. The molecule has 1 atom stereocenters. The first-order valence-corrected chi connectivity index (χ1v) is 7.50. The summed E-state index contributed by atoms with van der Waals surface area (Å²) in [6.07, 6.45) is -0.309. The van der Waals surface area contributed by atoms with E-state index in [4.69, 9.17) is 4.74 Å². The van der Waals surface area contributed by atoms with Gasteiger partial charge in [0.05, 0.1) is 5.56 Å². The van der Waals surface area contributed by atoms with E-state index in [9.17, 15) is 4.79 Å². The van der Waals surface area contributed by atoms with E-state index in [1.54, 1.807) is 0 Å². The molecule has 0 aromatic heterocycles. The molecule has 3 rings (SSSR count). The van der Waals surface area contributed by atoms with Gasteiger partial charge in [0.2, 0.25) is 0 Å². The summed E-state index contributed by atoms with van der Waals surface area (Å²) in [6, 6.07) is 12.5.